The molecule has 6 heteroatoms. The predicted octanol–water partition coefficient (Wildman–Crippen LogP) is 0.755. The van der Waals surface area contributed by atoms with Crippen LogP contribution in [-0.2, 0) is 9.53 Å². The predicted molar refractivity (Wildman–Crippen MR) is 58.8 cm³/mol. The number of carboxylic acids is 1. The van der Waals surface area contributed by atoms with Crippen LogP contribution >= 0.6 is 0 Å². The number of carboxylic acid groups (broad SMARTS) is 1. The van der Waals surface area contributed by atoms with Crippen molar-refractivity contribution in [2.45, 2.75) is 6.42 Å². The van der Waals surface area contributed by atoms with Crippen LogP contribution in [0.1, 0.15) is 16.8 Å². The molecule has 6 nitrogen and oxygen atoms in total. The molecular weight excluding hydrogens is 224 g/mol. The van der Waals surface area contributed by atoms with E-state index in [4.69, 9.17) is 9.84 Å². The van der Waals surface area contributed by atoms with E-state index in [9.17, 15) is 9.59 Å². The molecule has 1 atom stereocenters. The van der Waals surface area contributed by atoms with E-state index in [1.165, 1.54) is 18.3 Å². The summed E-state index contributed by atoms with van der Waals surface area (Å²) in [5, 5.41) is 11.5. The average molecular weight is 236 g/mol. The molecule has 2 rings (SSSR count). The normalized spacial score (nSPS) is 18.9. The SMILES string of the molecule is O=C(O)c1cccnc1NC(=O)C1CCOC1. The fourth-order valence-corrected chi connectivity index (χ4v) is 1.64. The summed E-state index contributed by atoms with van der Waals surface area (Å²) in [7, 11) is 0. The third-order valence-corrected chi connectivity index (χ3v) is 2.58. The van der Waals surface area contributed by atoms with Gasteiger partial charge in [0.25, 0.3) is 0 Å². The zero-order valence-electron chi connectivity index (χ0n) is 9.05. The summed E-state index contributed by atoms with van der Waals surface area (Å²) >= 11 is 0. The van der Waals surface area contributed by atoms with Crippen molar-refractivity contribution in [3.8, 4) is 0 Å². The van der Waals surface area contributed by atoms with Crippen LogP contribution < -0.4 is 5.32 Å². The molecule has 0 aliphatic carbocycles. The largest absolute Gasteiger partial charge is 0.478 e. The number of pyridine rings is 1. The lowest BCUT2D eigenvalue weighted by atomic mass is 10.1. The number of hydrogen-bond acceptors (Lipinski definition) is 4. The molecule has 17 heavy (non-hydrogen) atoms. The van der Waals surface area contributed by atoms with Crippen molar-refractivity contribution in [3.05, 3.63) is 23.9 Å². The smallest absolute Gasteiger partial charge is 0.339 e. The summed E-state index contributed by atoms with van der Waals surface area (Å²) in [5.41, 5.74) is -0.0141. The van der Waals surface area contributed by atoms with Crippen molar-refractivity contribution in [2.75, 3.05) is 18.5 Å². The van der Waals surface area contributed by atoms with E-state index in [-0.39, 0.29) is 23.2 Å². The van der Waals surface area contributed by atoms with Gasteiger partial charge in [0.1, 0.15) is 11.4 Å². The minimum absolute atomic E-state index is 0.0141. The second-order valence-electron chi connectivity index (χ2n) is 3.75. The monoisotopic (exact) mass is 236 g/mol. The van der Waals surface area contributed by atoms with Gasteiger partial charge in [-0.25, -0.2) is 9.78 Å². The summed E-state index contributed by atoms with van der Waals surface area (Å²) in [4.78, 5) is 26.5. The number of nitrogens with zero attached hydrogens (tertiary/aromatic N) is 1. The topological polar surface area (TPSA) is 88.5 Å². The Morgan fingerprint density at radius 2 is 2.35 bits per heavy atom. The maximum absolute atomic E-state index is 11.8. The van der Waals surface area contributed by atoms with Gasteiger partial charge in [-0.15, -0.1) is 0 Å². The molecule has 1 aromatic heterocycles. The Labute approximate surface area is 97.6 Å². The summed E-state index contributed by atoms with van der Waals surface area (Å²) < 4.78 is 5.10. The molecular formula is C11H12N2O4. The van der Waals surface area contributed by atoms with E-state index in [1.54, 1.807) is 0 Å². The van der Waals surface area contributed by atoms with Gasteiger partial charge in [0.05, 0.1) is 12.5 Å². The van der Waals surface area contributed by atoms with Gasteiger partial charge in [-0.05, 0) is 18.6 Å². The number of nitrogens with one attached hydrogen (secondary N) is 1. The number of carbonyl (C=O) groups excluding carboxylic acids is 1. The Morgan fingerprint density at radius 3 is 3.00 bits per heavy atom. The van der Waals surface area contributed by atoms with Crippen molar-refractivity contribution < 1.29 is 19.4 Å². The van der Waals surface area contributed by atoms with E-state index < -0.39 is 5.97 Å². The van der Waals surface area contributed by atoms with Gasteiger partial charge in [0.2, 0.25) is 5.91 Å². The maximum Gasteiger partial charge on any atom is 0.339 e. The molecule has 0 radical (unpaired) electrons. The lowest BCUT2D eigenvalue weighted by Gasteiger charge is -2.10. The highest BCUT2D eigenvalue weighted by atomic mass is 16.5. The minimum atomic E-state index is -1.11. The number of aromatic nitrogens is 1. The molecule has 0 saturated carbocycles. The Hall–Kier alpha value is -1.95. The molecule has 0 bridgehead atoms. The fourth-order valence-electron chi connectivity index (χ4n) is 1.64. The molecule has 1 fully saturated rings. The van der Waals surface area contributed by atoms with Gasteiger partial charge in [-0.1, -0.05) is 0 Å². The van der Waals surface area contributed by atoms with Gasteiger partial charge in [-0.2, -0.15) is 0 Å². The number of hydrogen-bond donors (Lipinski definition) is 2. The highest BCUT2D eigenvalue weighted by Gasteiger charge is 2.25. The van der Waals surface area contributed by atoms with Crippen LogP contribution in [0.3, 0.4) is 0 Å². The quantitative estimate of drug-likeness (QED) is 0.808. The molecule has 0 spiro atoms. The molecule has 1 amide bonds. The van der Waals surface area contributed by atoms with Gasteiger partial charge < -0.3 is 15.2 Å². The van der Waals surface area contributed by atoms with Crippen LogP contribution in [0.5, 0.6) is 0 Å². The molecule has 1 unspecified atom stereocenters. The van der Waals surface area contributed by atoms with Crippen LogP contribution in [-0.4, -0.2) is 35.2 Å². The molecule has 2 N–H and O–H groups in total. The molecule has 1 saturated heterocycles. The standard InChI is InChI=1S/C11H12N2O4/c14-10(7-3-5-17-6-7)13-9-8(11(15)16)2-1-4-12-9/h1-2,4,7H,3,5-6H2,(H,15,16)(H,12,13,14). The summed E-state index contributed by atoms with van der Waals surface area (Å²) in [6, 6.07) is 2.91. The number of rotatable bonds is 3. The van der Waals surface area contributed by atoms with Crippen LogP contribution in [0.25, 0.3) is 0 Å². The molecule has 0 aromatic carbocycles. The van der Waals surface area contributed by atoms with Crippen LogP contribution in [0.15, 0.2) is 18.3 Å². The van der Waals surface area contributed by atoms with Gasteiger partial charge in [0.15, 0.2) is 0 Å². The summed E-state index contributed by atoms with van der Waals surface area (Å²) in [6.45, 7) is 0.938. The molecule has 1 aliphatic rings. The first-order chi connectivity index (χ1) is 8.18. The average Bonchev–Trinajstić information content (AvgIpc) is 2.83. The van der Waals surface area contributed by atoms with Crippen molar-refractivity contribution in [2.24, 2.45) is 5.92 Å². The van der Waals surface area contributed by atoms with Crippen LogP contribution in [0.2, 0.25) is 0 Å². The van der Waals surface area contributed by atoms with Crippen LogP contribution in [0.4, 0.5) is 5.82 Å². The Balaban J connectivity index is 2.12. The van der Waals surface area contributed by atoms with E-state index in [0.717, 1.165) is 0 Å². The molecule has 90 valence electrons. The van der Waals surface area contributed by atoms with E-state index in [2.05, 4.69) is 10.3 Å². The van der Waals surface area contributed by atoms with Crippen LogP contribution in [0, 0.1) is 5.92 Å². The van der Waals surface area contributed by atoms with Crippen molar-refractivity contribution >= 4 is 17.7 Å². The van der Waals surface area contributed by atoms with Crippen molar-refractivity contribution in [1.29, 1.82) is 0 Å². The zero-order chi connectivity index (χ0) is 12.3. The highest BCUT2D eigenvalue weighted by Crippen LogP contribution is 2.17. The number of anilines is 1. The third kappa shape index (κ3) is 2.59. The van der Waals surface area contributed by atoms with Crippen molar-refractivity contribution in [3.63, 3.8) is 0 Å². The van der Waals surface area contributed by atoms with Crippen molar-refractivity contribution in [1.82, 2.24) is 4.98 Å². The van der Waals surface area contributed by atoms with E-state index in [1.807, 2.05) is 0 Å². The third-order valence-electron chi connectivity index (χ3n) is 2.58. The number of amides is 1. The summed E-state index contributed by atoms with van der Waals surface area (Å²) in [5.74, 6) is -1.50. The van der Waals surface area contributed by atoms with E-state index >= 15 is 0 Å². The molecule has 2 heterocycles. The Bertz CT molecular complexity index is 441. The number of carbonyl (C=O) groups is 2. The molecule has 1 aliphatic heterocycles. The fraction of sp³-hybridized carbons (Fsp3) is 0.364. The van der Waals surface area contributed by atoms with Gasteiger partial charge in [-0.3, -0.25) is 4.79 Å². The highest BCUT2D eigenvalue weighted by molar-refractivity contribution is 5.99. The lowest BCUT2D eigenvalue weighted by Crippen LogP contribution is -2.24. The Morgan fingerprint density at radius 1 is 1.53 bits per heavy atom. The molecule has 1 aromatic rings. The zero-order valence-corrected chi connectivity index (χ0v) is 9.05. The first kappa shape index (κ1) is 11.5. The van der Waals surface area contributed by atoms with Gasteiger partial charge >= 0.3 is 5.97 Å². The number of aromatic carboxylic acids is 1. The second kappa shape index (κ2) is 4.92. The van der Waals surface area contributed by atoms with Gasteiger partial charge in [0, 0.05) is 12.8 Å². The summed E-state index contributed by atoms with van der Waals surface area (Å²) in [6.07, 6.45) is 2.09. The first-order valence-electron chi connectivity index (χ1n) is 5.25. The minimum Gasteiger partial charge on any atom is -0.478 e. The Kier molecular flexibility index (Phi) is 3.34. The number of ether oxygens (including phenoxy) is 1. The van der Waals surface area contributed by atoms with E-state index in [0.29, 0.717) is 19.6 Å². The second-order valence-corrected chi connectivity index (χ2v) is 3.75. The lowest BCUT2D eigenvalue weighted by molar-refractivity contribution is -0.119. The first-order valence-corrected chi connectivity index (χ1v) is 5.25. The maximum atomic E-state index is 11.8.